The van der Waals surface area contributed by atoms with Crippen molar-refractivity contribution in [1.82, 2.24) is 4.98 Å². The van der Waals surface area contributed by atoms with Crippen LogP contribution >= 0.6 is 22.9 Å². The number of nitrogens with one attached hydrogen (secondary N) is 1. The van der Waals surface area contributed by atoms with E-state index in [4.69, 9.17) is 21.3 Å². The lowest BCUT2D eigenvalue weighted by atomic mass is 9.97. The Balaban J connectivity index is 1.62. The first-order valence-electron chi connectivity index (χ1n) is 11.8. The van der Waals surface area contributed by atoms with Gasteiger partial charge in [0, 0.05) is 26.9 Å². The van der Waals surface area contributed by atoms with Crippen molar-refractivity contribution in [2.45, 2.75) is 13.8 Å². The molecule has 0 spiro atoms. The molecule has 0 atom stereocenters. The second-order valence-corrected chi connectivity index (χ2v) is 9.69. The number of nitrogens with zero attached hydrogens (tertiary/aromatic N) is 1. The van der Waals surface area contributed by atoms with Crippen molar-refractivity contribution in [2.24, 2.45) is 0 Å². The predicted molar refractivity (Wildman–Crippen MR) is 151 cm³/mol. The molecule has 0 aliphatic carbocycles. The Morgan fingerprint density at radius 3 is 2.35 bits per heavy atom. The minimum absolute atomic E-state index is 0.231. The molecule has 0 saturated carbocycles. The van der Waals surface area contributed by atoms with Gasteiger partial charge >= 0.3 is 5.97 Å². The van der Waals surface area contributed by atoms with Gasteiger partial charge < -0.3 is 10.1 Å². The lowest BCUT2D eigenvalue weighted by molar-refractivity contribution is 0.0529. The van der Waals surface area contributed by atoms with Crippen LogP contribution in [0.1, 0.15) is 33.2 Å². The summed E-state index contributed by atoms with van der Waals surface area (Å²) in [5.74, 6) is -0.797. The maximum absolute atomic E-state index is 13.9. The molecule has 1 amide bonds. The van der Waals surface area contributed by atoms with Gasteiger partial charge in [-0.05, 0) is 43.2 Å². The third-order valence-corrected chi connectivity index (χ3v) is 7.21. The maximum Gasteiger partial charge on any atom is 0.341 e. The van der Waals surface area contributed by atoms with E-state index in [9.17, 15) is 9.59 Å². The molecule has 1 N–H and O–H groups in total. The van der Waals surface area contributed by atoms with Crippen LogP contribution in [-0.4, -0.2) is 23.5 Å². The number of pyridine rings is 1. The number of esters is 1. The number of hydrogen-bond donors (Lipinski definition) is 1. The SMILES string of the molecule is CCOC(=O)c1c(-c2ccccc2)csc1NC(=O)c1c(C)c(-c2ccc(Cl)cc2)nc2ccccc12. The number of hydrogen-bond acceptors (Lipinski definition) is 5. The molecular weight excluding hydrogens is 504 g/mol. The number of carbonyl (C=O) groups excluding carboxylic acids is 2. The topological polar surface area (TPSA) is 68.3 Å². The zero-order chi connectivity index (χ0) is 25.9. The van der Waals surface area contributed by atoms with Crippen molar-refractivity contribution in [3.8, 4) is 22.4 Å². The molecular formula is C30H23ClN2O3S. The van der Waals surface area contributed by atoms with Gasteiger partial charge in [-0.15, -0.1) is 11.3 Å². The van der Waals surface area contributed by atoms with Crippen LogP contribution in [0.2, 0.25) is 5.02 Å². The average molecular weight is 527 g/mol. The van der Waals surface area contributed by atoms with Gasteiger partial charge in [0.15, 0.2) is 0 Å². The van der Waals surface area contributed by atoms with E-state index in [1.807, 2.05) is 79.0 Å². The van der Waals surface area contributed by atoms with E-state index in [0.29, 0.717) is 32.4 Å². The summed E-state index contributed by atoms with van der Waals surface area (Å²) < 4.78 is 5.35. The monoisotopic (exact) mass is 526 g/mol. The molecule has 0 bridgehead atoms. The lowest BCUT2D eigenvalue weighted by Gasteiger charge is -2.15. The summed E-state index contributed by atoms with van der Waals surface area (Å²) in [6.45, 7) is 3.87. The molecule has 0 aliphatic heterocycles. The van der Waals surface area contributed by atoms with Crippen molar-refractivity contribution in [3.05, 3.63) is 106 Å². The summed E-state index contributed by atoms with van der Waals surface area (Å²) in [6, 6.07) is 24.5. The molecule has 2 heterocycles. The highest BCUT2D eigenvalue weighted by atomic mass is 35.5. The van der Waals surface area contributed by atoms with Crippen molar-refractivity contribution >= 4 is 50.7 Å². The van der Waals surface area contributed by atoms with Gasteiger partial charge in [-0.1, -0.05) is 72.3 Å². The first kappa shape index (κ1) is 24.7. The minimum atomic E-state index is -0.476. The van der Waals surface area contributed by atoms with Crippen LogP contribution < -0.4 is 5.32 Å². The van der Waals surface area contributed by atoms with E-state index in [1.165, 1.54) is 11.3 Å². The molecule has 5 nitrogen and oxygen atoms in total. The number of ether oxygens (including phenoxy) is 1. The number of amides is 1. The second-order valence-electron chi connectivity index (χ2n) is 8.38. The van der Waals surface area contributed by atoms with Gasteiger partial charge in [0.05, 0.1) is 23.4 Å². The highest BCUT2D eigenvalue weighted by molar-refractivity contribution is 7.15. The van der Waals surface area contributed by atoms with Gasteiger partial charge in [-0.3, -0.25) is 4.79 Å². The summed E-state index contributed by atoms with van der Waals surface area (Å²) in [5.41, 5.74) is 5.43. The molecule has 2 aromatic heterocycles. The molecule has 0 saturated heterocycles. The number of aromatic nitrogens is 1. The summed E-state index contributed by atoms with van der Waals surface area (Å²) in [6.07, 6.45) is 0. The van der Waals surface area contributed by atoms with Crippen LogP contribution in [-0.2, 0) is 4.74 Å². The first-order valence-corrected chi connectivity index (χ1v) is 13.0. The van der Waals surface area contributed by atoms with Crippen LogP contribution in [0.4, 0.5) is 5.00 Å². The van der Waals surface area contributed by atoms with E-state index in [1.54, 1.807) is 19.1 Å². The zero-order valence-corrected chi connectivity index (χ0v) is 21.8. The predicted octanol–water partition coefficient (Wildman–Crippen LogP) is 8.02. The standard InChI is InChI=1S/C30H23ClN2O3S/c1-3-36-30(35)26-23(19-9-5-4-6-10-19)17-37-29(26)33-28(34)25-18(2)27(20-13-15-21(31)16-14-20)32-24-12-8-7-11-22(24)25/h4-17H,3H2,1-2H3,(H,33,34). The molecule has 3 aromatic carbocycles. The Hall–Kier alpha value is -4.00. The summed E-state index contributed by atoms with van der Waals surface area (Å²) in [4.78, 5) is 31.7. The Morgan fingerprint density at radius 1 is 0.919 bits per heavy atom. The number of thiophene rings is 1. The van der Waals surface area contributed by atoms with Gasteiger partial charge in [-0.25, -0.2) is 9.78 Å². The number of rotatable bonds is 6. The average Bonchev–Trinajstić information content (AvgIpc) is 3.33. The molecule has 5 rings (SSSR count). The Morgan fingerprint density at radius 2 is 1.62 bits per heavy atom. The summed E-state index contributed by atoms with van der Waals surface area (Å²) >= 11 is 7.39. The molecule has 0 unspecified atom stereocenters. The fraction of sp³-hybridized carbons (Fsp3) is 0.100. The Bertz CT molecular complexity index is 1610. The molecule has 0 radical (unpaired) electrons. The second kappa shape index (κ2) is 10.5. The number of anilines is 1. The van der Waals surface area contributed by atoms with E-state index in [-0.39, 0.29) is 12.5 Å². The van der Waals surface area contributed by atoms with Crippen molar-refractivity contribution in [1.29, 1.82) is 0 Å². The number of halogens is 1. The molecule has 5 aromatic rings. The van der Waals surface area contributed by atoms with E-state index < -0.39 is 5.97 Å². The van der Waals surface area contributed by atoms with Crippen LogP contribution in [0.25, 0.3) is 33.3 Å². The lowest BCUT2D eigenvalue weighted by Crippen LogP contribution is -2.17. The first-order chi connectivity index (χ1) is 18.0. The molecule has 37 heavy (non-hydrogen) atoms. The van der Waals surface area contributed by atoms with Crippen LogP contribution in [0.5, 0.6) is 0 Å². The molecule has 0 aliphatic rings. The van der Waals surface area contributed by atoms with Gasteiger partial charge in [0.1, 0.15) is 10.6 Å². The third kappa shape index (κ3) is 4.86. The van der Waals surface area contributed by atoms with Crippen LogP contribution in [0.3, 0.4) is 0 Å². The van der Waals surface area contributed by atoms with Crippen molar-refractivity contribution in [3.63, 3.8) is 0 Å². The van der Waals surface area contributed by atoms with E-state index >= 15 is 0 Å². The number of benzene rings is 3. The fourth-order valence-corrected chi connectivity index (χ4v) is 5.42. The van der Waals surface area contributed by atoms with Gasteiger partial charge in [-0.2, -0.15) is 0 Å². The van der Waals surface area contributed by atoms with Crippen LogP contribution in [0.15, 0.2) is 84.2 Å². The van der Waals surface area contributed by atoms with Gasteiger partial charge in [0.2, 0.25) is 0 Å². The highest BCUT2D eigenvalue weighted by Crippen LogP contribution is 2.37. The van der Waals surface area contributed by atoms with Crippen LogP contribution in [0, 0.1) is 6.92 Å². The smallest absolute Gasteiger partial charge is 0.341 e. The number of fused-ring (bicyclic) bond motifs is 1. The Labute approximate surface area is 223 Å². The van der Waals surface area contributed by atoms with E-state index in [2.05, 4.69) is 5.32 Å². The molecule has 7 heteroatoms. The Kier molecular flexibility index (Phi) is 7.04. The number of carbonyl (C=O) groups is 2. The quantitative estimate of drug-likeness (QED) is 0.227. The third-order valence-electron chi connectivity index (χ3n) is 6.06. The minimum Gasteiger partial charge on any atom is -0.462 e. The van der Waals surface area contributed by atoms with Crippen molar-refractivity contribution < 1.29 is 14.3 Å². The van der Waals surface area contributed by atoms with Crippen molar-refractivity contribution in [2.75, 3.05) is 11.9 Å². The highest BCUT2D eigenvalue weighted by Gasteiger charge is 2.25. The van der Waals surface area contributed by atoms with E-state index in [0.717, 1.165) is 27.6 Å². The largest absolute Gasteiger partial charge is 0.462 e. The maximum atomic E-state index is 13.9. The zero-order valence-electron chi connectivity index (χ0n) is 20.2. The summed E-state index contributed by atoms with van der Waals surface area (Å²) in [7, 11) is 0. The summed E-state index contributed by atoms with van der Waals surface area (Å²) in [5, 5.41) is 6.67. The fourth-order valence-electron chi connectivity index (χ4n) is 4.34. The normalized spacial score (nSPS) is 10.9. The van der Waals surface area contributed by atoms with Gasteiger partial charge in [0.25, 0.3) is 5.91 Å². The molecule has 184 valence electrons. The number of para-hydroxylation sites is 1. The molecule has 0 fully saturated rings.